The van der Waals surface area contributed by atoms with Crippen LogP contribution in [0.25, 0.3) is 5.65 Å². The fraction of sp³-hybridized carbons (Fsp3) is 0.174. The predicted octanol–water partition coefficient (Wildman–Crippen LogP) is 4.50. The second kappa shape index (κ2) is 11.0. The van der Waals surface area contributed by atoms with Crippen LogP contribution in [0.5, 0.6) is 0 Å². The van der Waals surface area contributed by atoms with E-state index in [1.165, 1.54) is 4.52 Å². The van der Waals surface area contributed by atoms with Gasteiger partial charge in [-0.1, -0.05) is 41.6 Å². The Morgan fingerprint density at radius 2 is 1.81 bits per heavy atom. The number of anilines is 1. The zero-order valence-electron chi connectivity index (χ0n) is 18.4. The van der Waals surface area contributed by atoms with Crippen molar-refractivity contribution >= 4 is 46.5 Å². The summed E-state index contributed by atoms with van der Waals surface area (Å²) in [4.78, 5) is 24.5. The van der Waals surface area contributed by atoms with Crippen LogP contribution in [0.15, 0.2) is 65.7 Å². The van der Waals surface area contributed by atoms with Crippen LogP contribution in [0.1, 0.15) is 21.7 Å². The molecule has 0 unspecified atom stereocenters. The summed E-state index contributed by atoms with van der Waals surface area (Å²) in [6.07, 6.45) is -4.19. The van der Waals surface area contributed by atoms with Gasteiger partial charge in [0.1, 0.15) is 5.03 Å². The van der Waals surface area contributed by atoms with Gasteiger partial charge in [-0.15, -0.1) is 10.2 Å². The van der Waals surface area contributed by atoms with Crippen LogP contribution in [0, 0.1) is 0 Å². The molecular weight excluding hydrogens is 517 g/mol. The smallest absolute Gasteiger partial charge is 0.352 e. The van der Waals surface area contributed by atoms with Crippen molar-refractivity contribution in [2.75, 3.05) is 17.6 Å². The number of nitrogens with zero attached hydrogens (tertiary/aromatic N) is 4. The number of aromatic nitrogens is 4. The minimum atomic E-state index is -4.56. The van der Waals surface area contributed by atoms with E-state index in [-0.39, 0.29) is 22.4 Å². The zero-order chi connectivity index (χ0) is 25.7. The molecule has 0 spiro atoms. The van der Waals surface area contributed by atoms with Crippen LogP contribution in [0.4, 0.5) is 18.9 Å². The SMILES string of the molecule is O=C(CSc1ccc2nnc(CCNC(=O)c3ccccc3)n2n1)Nc1cc(C(F)(F)F)ccc1Cl. The van der Waals surface area contributed by atoms with Gasteiger partial charge in [0.25, 0.3) is 5.91 Å². The van der Waals surface area contributed by atoms with Crippen molar-refractivity contribution in [3.05, 3.63) is 82.6 Å². The van der Waals surface area contributed by atoms with E-state index >= 15 is 0 Å². The molecule has 0 fully saturated rings. The van der Waals surface area contributed by atoms with Gasteiger partial charge in [0.15, 0.2) is 11.5 Å². The number of rotatable bonds is 8. The molecule has 0 aliphatic rings. The number of halogens is 4. The van der Waals surface area contributed by atoms with Crippen molar-refractivity contribution in [3.8, 4) is 0 Å². The molecule has 2 N–H and O–H groups in total. The summed E-state index contributed by atoms with van der Waals surface area (Å²) >= 11 is 7.01. The number of benzene rings is 2. The Balaban J connectivity index is 1.35. The van der Waals surface area contributed by atoms with Gasteiger partial charge in [0, 0.05) is 18.5 Å². The number of hydrogen-bond acceptors (Lipinski definition) is 6. The molecular formula is C23H18ClF3N6O2S. The Kier molecular flexibility index (Phi) is 7.75. The highest BCUT2D eigenvalue weighted by Crippen LogP contribution is 2.34. The van der Waals surface area contributed by atoms with Crippen molar-refractivity contribution in [2.45, 2.75) is 17.6 Å². The number of carbonyl (C=O) groups is 2. The predicted molar refractivity (Wildman–Crippen MR) is 129 cm³/mol. The minimum absolute atomic E-state index is 0.00520. The average Bonchev–Trinajstić information content (AvgIpc) is 3.26. The summed E-state index contributed by atoms with van der Waals surface area (Å²) in [7, 11) is 0. The Morgan fingerprint density at radius 1 is 1.03 bits per heavy atom. The highest BCUT2D eigenvalue weighted by atomic mass is 35.5. The monoisotopic (exact) mass is 534 g/mol. The molecule has 36 heavy (non-hydrogen) atoms. The second-order valence-electron chi connectivity index (χ2n) is 7.46. The number of thioether (sulfide) groups is 1. The molecule has 186 valence electrons. The van der Waals surface area contributed by atoms with Crippen LogP contribution in [0.2, 0.25) is 5.02 Å². The third-order valence-electron chi connectivity index (χ3n) is 4.89. The first-order valence-corrected chi connectivity index (χ1v) is 11.9. The van der Waals surface area contributed by atoms with Gasteiger partial charge in [-0.2, -0.15) is 22.8 Å². The van der Waals surface area contributed by atoms with E-state index in [1.54, 1.807) is 36.4 Å². The van der Waals surface area contributed by atoms with E-state index in [4.69, 9.17) is 11.6 Å². The van der Waals surface area contributed by atoms with E-state index in [2.05, 4.69) is 25.9 Å². The second-order valence-corrected chi connectivity index (χ2v) is 8.86. The first-order chi connectivity index (χ1) is 17.2. The molecule has 0 bridgehead atoms. The first kappa shape index (κ1) is 25.5. The minimum Gasteiger partial charge on any atom is -0.352 e. The Morgan fingerprint density at radius 3 is 2.56 bits per heavy atom. The molecule has 2 heterocycles. The standard InChI is InChI=1S/C23H18ClF3N6O2S/c24-16-7-6-15(23(25,26)27)12-17(16)29-20(34)13-36-21-9-8-18-30-31-19(33(18)32-21)10-11-28-22(35)14-4-2-1-3-5-14/h1-9,12H,10-11,13H2,(H,28,35)(H,29,34). The lowest BCUT2D eigenvalue weighted by atomic mass is 10.2. The molecule has 4 aromatic rings. The van der Waals surface area contributed by atoms with Gasteiger partial charge < -0.3 is 10.6 Å². The summed E-state index contributed by atoms with van der Waals surface area (Å²) in [6.45, 7) is 0.313. The summed E-state index contributed by atoms with van der Waals surface area (Å²) in [6, 6.07) is 14.8. The van der Waals surface area contributed by atoms with E-state index in [1.807, 2.05) is 6.07 Å². The number of fused-ring (bicyclic) bond motifs is 1. The zero-order valence-corrected chi connectivity index (χ0v) is 20.0. The third kappa shape index (κ3) is 6.32. The van der Waals surface area contributed by atoms with Crippen LogP contribution in [-0.2, 0) is 17.4 Å². The maximum absolute atomic E-state index is 12.9. The molecule has 0 aliphatic carbocycles. The van der Waals surface area contributed by atoms with Gasteiger partial charge in [-0.05, 0) is 42.5 Å². The van der Waals surface area contributed by atoms with E-state index in [0.717, 1.165) is 30.0 Å². The number of hydrogen-bond donors (Lipinski definition) is 2. The molecule has 0 radical (unpaired) electrons. The van der Waals surface area contributed by atoms with Crippen LogP contribution >= 0.6 is 23.4 Å². The first-order valence-electron chi connectivity index (χ1n) is 10.5. The molecule has 2 aromatic carbocycles. The molecule has 0 aliphatic heterocycles. The third-order valence-corrected chi connectivity index (χ3v) is 6.14. The van der Waals surface area contributed by atoms with Crippen LogP contribution in [-0.4, -0.2) is 43.9 Å². The lowest BCUT2D eigenvalue weighted by Gasteiger charge is -2.11. The van der Waals surface area contributed by atoms with Gasteiger partial charge >= 0.3 is 6.18 Å². The quantitative estimate of drug-likeness (QED) is 0.323. The number of alkyl halides is 3. The van der Waals surface area contributed by atoms with Crippen molar-refractivity contribution < 1.29 is 22.8 Å². The highest BCUT2D eigenvalue weighted by molar-refractivity contribution is 7.99. The Bertz CT molecular complexity index is 1400. The molecule has 2 amide bonds. The lowest BCUT2D eigenvalue weighted by molar-refractivity contribution is -0.137. The molecule has 13 heteroatoms. The molecule has 0 saturated carbocycles. The molecule has 8 nitrogen and oxygen atoms in total. The summed E-state index contributed by atoms with van der Waals surface area (Å²) in [5.41, 5.74) is -0.00439. The van der Waals surface area contributed by atoms with Crippen LogP contribution < -0.4 is 10.6 Å². The summed E-state index contributed by atoms with van der Waals surface area (Å²) in [5.74, 6) is -0.354. The van der Waals surface area contributed by atoms with Crippen molar-refractivity contribution in [3.63, 3.8) is 0 Å². The average molecular weight is 535 g/mol. The fourth-order valence-electron chi connectivity index (χ4n) is 3.15. The summed E-state index contributed by atoms with van der Waals surface area (Å²) < 4.78 is 40.3. The van der Waals surface area contributed by atoms with E-state index in [9.17, 15) is 22.8 Å². The Hall–Kier alpha value is -3.64. The molecule has 0 saturated heterocycles. The Labute approximate surface area is 212 Å². The van der Waals surface area contributed by atoms with E-state index < -0.39 is 17.6 Å². The van der Waals surface area contributed by atoms with E-state index in [0.29, 0.717) is 35.0 Å². The fourth-order valence-corrected chi connectivity index (χ4v) is 3.97. The van der Waals surface area contributed by atoms with Crippen molar-refractivity contribution in [1.82, 2.24) is 25.1 Å². The largest absolute Gasteiger partial charge is 0.416 e. The number of nitrogens with one attached hydrogen (secondary N) is 2. The van der Waals surface area contributed by atoms with Crippen molar-refractivity contribution in [1.29, 1.82) is 0 Å². The normalized spacial score (nSPS) is 11.4. The maximum Gasteiger partial charge on any atom is 0.416 e. The van der Waals surface area contributed by atoms with Crippen molar-refractivity contribution in [2.24, 2.45) is 0 Å². The molecule has 2 aromatic heterocycles. The molecule has 0 atom stereocenters. The highest BCUT2D eigenvalue weighted by Gasteiger charge is 2.31. The van der Waals surface area contributed by atoms with Gasteiger partial charge in [0.05, 0.1) is 22.0 Å². The topological polar surface area (TPSA) is 101 Å². The van der Waals surface area contributed by atoms with Gasteiger partial charge in [-0.25, -0.2) is 0 Å². The van der Waals surface area contributed by atoms with Gasteiger partial charge in [-0.3, -0.25) is 9.59 Å². The number of carbonyl (C=O) groups excluding carboxylic acids is 2. The molecule has 4 rings (SSSR count). The number of amides is 2. The lowest BCUT2D eigenvalue weighted by Crippen LogP contribution is -2.26. The summed E-state index contributed by atoms with van der Waals surface area (Å²) in [5, 5.41) is 18.2. The van der Waals surface area contributed by atoms with Crippen LogP contribution in [0.3, 0.4) is 0 Å². The maximum atomic E-state index is 12.9. The van der Waals surface area contributed by atoms with Gasteiger partial charge in [0.2, 0.25) is 5.91 Å².